The van der Waals surface area contributed by atoms with E-state index in [2.05, 4.69) is 23.5 Å². The van der Waals surface area contributed by atoms with Crippen molar-refractivity contribution in [2.45, 2.75) is 18.9 Å². The Labute approximate surface area is 136 Å². The quantitative estimate of drug-likeness (QED) is 0.926. The van der Waals surface area contributed by atoms with E-state index in [-0.39, 0.29) is 11.9 Å². The summed E-state index contributed by atoms with van der Waals surface area (Å²) in [6.45, 7) is 1.56. The molecule has 0 bridgehead atoms. The molecule has 2 aliphatic heterocycles. The van der Waals surface area contributed by atoms with Gasteiger partial charge in [0.15, 0.2) is 0 Å². The maximum absolute atomic E-state index is 13.0. The highest BCUT2D eigenvalue weighted by molar-refractivity contribution is 5.97. The van der Waals surface area contributed by atoms with Gasteiger partial charge in [-0.1, -0.05) is 24.3 Å². The second-order valence-electron chi connectivity index (χ2n) is 6.12. The summed E-state index contributed by atoms with van der Waals surface area (Å²) in [5, 5.41) is 3.36. The molecule has 4 heteroatoms. The van der Waals surface area contributed by atoms with Gasteiger partial charge in [-0.2, -0.15) is 0 Å². The third-order valence-electron chi connectivity index (χ3n) is 4.75. The van der Waals surface area contributed by atoms with Gasteiger partial charge in [0.1, 0.15) is 11.8 Å². The molecule has 1 amide bonds. The maximum atomic E-state index is 13.0. The monoisotopic (exact) mass is 308 g/mol. The van der Waals surface area contributed by atoms with Crippen molar-refractivity contribution in [1.29, 1.82) is 0 Å². The molecule has 1 unspecified atom stereocenters. The minimum atomic E-state index is -0.269. The van der Waals surface area contributed by atoms with Gasteiger partial charge in [0.05, 0.1) is 6.61 Å². The fourth-order valence-corrected chi connectivity index (χ4v) is 3.43. The molecule has 118 valence electrons. The van der Waals surface area contributed by atoms with Crippen LogP contribution in [0.15, 0.2) is 42.5 Å². The lowest BCUT2D eigenvalue weighted by molar-refractivity contribution is -0.120. The van der Waals surface area contributed by atoms with Gasteiger partial charge in [-0.3, -0.25) is 4.79 Å². The van der Waals surface area contributed by atoms with E-state index in [9.17, 15) is 4.79 Å². The minimum absolute atomic E-state index is 0.0796. The summed E-state index contributed by atoms with van der Waals surface area (Å²) in [5.41, 5.74) is 4.46. The van der Waals surface area contributed by atoms with Crippen molar-refractivity contribution in [1.82, 2.24) is 5.32 Å². The van der Waals surface area contributed by atoms with Crippen molar-refractivity contribution in [3.05, 3.63) is 59.2 Å². The first-order chi connectivity index (χ1) is 11.2. The van der Waals surface area contributed by atoms with E-state index in [4.69, 9.17) is 4.74 Å². The number of amides is 1. The first-order valence-corrected chi connectivity index (χ1v) is 8.08. The molecule has 23 heavy (non-hydrogen) atoms. The predicted octanol–water partition coefficient (Wildman–Crippen LogP) is 2.47. The summed E-state index contributed by atoms with van der Waals surface area (Å²) >= 11 is 0. The highest BCUT2D eigenvalue weighted by Crippen LogP contribution is 2.31. The second-order valence-corrected chi connectivity index (χ2v) is 6.12. The van der Waals surface area contributed by atoms with Crippen molar-refractivity contribution >= 4 is 11.6 Å². The Morgan fingerprint density at radius 3 is 2.96 bits per heavy atom. The molecule has 0 spiro atoms. The molecule has 4 nitrogen and oxygen atoms in total. The number of ether oxygens (including phenoxy) is 1. The van der Waals surface area contributed by atoms with Crippen molar-refractivity contribution in [2.75, 3.05) is 25.1 Å². The molecule has 0 aliphatic carbocycles. The highest BCUT2D eigenvalue weighted by Gasteiger charge is 2.29. The zero-order chi connectivity index (χ0) is 15.8. The molecular formula is C19H20N2O2. The Morgan fingerprint density at radius 1 is 1.17 bits per heavy atom. The number of fused-ring (bicyclic) bond motifs is 2. The number of hydrogen-bond donors (Lipinski definition) is 1. The average Bonchev–Trinajstić information content (AvgIpc) is 3.07. The van der Waals surface area contributed by atoms with Crippen LogP contribution in [0.2, 0.25) is 0 Å². The van der Waals surface area contributed by atoms with E-state index in [1.165, 1.54) is 11.1 Å². The summed E-state index contributed by atoms with van der Waals surface area (Å²) in [4.78, 5) is 14.7. The number of anilines is 1. The lowest BCUT2D eigenvalue weighted by Crippen LogP contribution is -2.42. The molecule has 2 heterocycles. The molecule has 1 atom stereocenters. The van der Waals surface area contributed by atoms with Gasteiger partial charge in [0.25, 0.3) is 0 Å². The lowest BCUT2D eigenvalue weighted by Gasteiger charge is -2.29. The Balaban J connectivity index is 1.62. The van der Waals surface area contributed by atoms with Gasteiger partial charge in [0, 0.05) is 25.7 Å². The number of nitrogens with one attached hydrogen (secondary N) is 1. The van der Waals surface area contributed by atoms with Crippen LogP contribution < -0.4 is 15.0 Å². The largest absolute Gasteiger partial charge is 0.493 e. The molecule has 0 fully saturated rings. The van der Waals surface area contributed by atoms with Crippen molar-refractivity contribution in [3.63, 3.8) is 0 Å². The normalized spacial score (nSPS) is 18.7. The molecular weight excluding hydrogens is 288 g/mol. The summed E-state index contributed by atoms with van der Waals surface area (Å²) in [5.74, 6) is 1.02. The zero-order valence-corrected chi connectivity index (χ0v) is 13.2. The van der Waals surface area contributed by atoms with Crippen LogP contribution >= 0.6 is 0 Å². The van der Waals surface area contributed by atoms with Gasteiger partial charge < -0.3 is 15.0 Å². The molecule has 1 N–H and O–H groups in total. The predicted molar refractivity (Wildman–Crippen MR) is 89.9 cm³/mol. The van der Waals surface area contributed by atoms with Gasteiger partial charge in [0.2, 0.25) is 5.91 Å². The Morgan fingerprint density at radius 2 is 2.04 bits per heavy atom. The Hall–Kier alpha value is -2.33. The average molecular weight is 308 g/mol. The van der Waals surface area contributed by atoms with Crippen molar-refractivity contribution < 1.29 is 9.53 Å². The Bertz CT molecular complexity index is 757. The summed E-state index contributed by atoms with van der Waals surface area (Å²) in [6.07, 6.45) is 1.88. The van der Waals surface area contributed by atoms with Gasteiger partial charge in [-0.15, -0.1) is 0 Å². The Kier molecular flexibility index (Phi) is 3.54. The fraction of sp³-hybridized carbons (Fsp3) is 0.316. The SMILES string of the molecule is CN(C(=O)C1NCCc2ccccc21)c1ccc2c(c1)CCO2. The molecule has 0 saturated carbocycles. The smallest absolute Gasteiger partial charge is 0.248 e. The highest BCUT2D eigenvalue weighted by atomic mass is 16.5. The van der Waals surface area contributed by atoms with Gasteiger partial charge >= 0.3 is 0 Å². The first kappa shape index (κ1) is 14.3. The van der Waals surface area contributed by atoms with Gasteiger partial charge in [-0.25, -0.2) is 0 Å². The van der Waals surface area contributed by atoms with E-state index in [0.29, 0.717) is 0 Å². The van der Waals surface area contributed by atoms with Crippen molar-refractivity contribution in [3.8, 4) is 5.75 Å². The number of nitrogens with zero attached hydrogens (tertiary/aromatic N) is 1. The number of rotatable bonds is 2. The second kappa shape index (κ2) is 5.70. The van der Waals surface area contributed by atoms with Crippen LogP contribution in [0.3, 0.4) is 0 Å². The number of carbonyl (C=O) groups excluding carboxylic acids is 1. The van der Waals surface area contributed by atoms with E-state index in [0.717, 1.165) is 43.0 Å². The molecule has 0 radical (unpaired) electrons. The molecule has 2 aliphatic rings. The topological polar surface area (TPSA) is 41.6 Å². The first-order valence-electron chi connectivity index (χ1n) is 8.08. The van der Waals surface area contributed by atoms with Crippen LogP contribution in [-0.4, -0.2) is 26.1 Å². The molecule has 2 aromatic carbocycles. The van der Waals surface area contributed by atoms with E-state index >= 15 is 0 Å². The fourth-order valence-electron chi connectivity index (χ4n) is 3.43. The third-order valence-corrected chi connectivity index (χ3v) is 4.75. The molecule has 0 saturated heterocycles. The third kappa shape index (κ3) is 2.49. The number of carbonyl (C=O) groups is 1. The molecule has 4 rings (SSSR count). The van der Waals surface area contributed by atoms with Crippen LogP contribution in [0.5, 0.6) is 5.75 Å². The van der Waals surface area contributed by atoms with Gasteiger partial charge in [-0.05, 0) is 41.3 Å². The van der Waals surface area contributed by atoms with Crippen LogP contribution in [0.1, 0.15) is 22.7 Å². The van der Waals surface area contributed by atoms with Crippen LogP contribution in [0, 0.1) is 0 Å². The van der Waals surface area contributed by atoms with Crippen LogP contribution in [0.4, 0.5) is 5.69 Å². The standard InChI is InChI=1S/C19H20N2O2/c1-21(15-6-7-17-14(12-15)9-11-23-17)19(22)18-16-5-3-2-4-13(16)8-10-20-18/h2-7,12,18,20H,8-11H2,1H3. The van der Waals surface area contributed by atoms with E-state index < -0.39 is 0 Å². The summed E-state index contributed by atoms with van der Waals surface area (Å²) in [6, 6.07) is 13.9. The van der Waals surface area contributed by atoms with E-state index in [1.807, 2.05) is 31.3 Å². The summed E-state index contributed by atoms with van der Waals surface area (Å²) < 4.78 is 5.54. The number of benzene rings is 2. The van der Waals surface area contributed by atoms with Crippen LogP contribution in [-0.2, 0) is 17.6 Å². The number of likely N-dealkylation sites (N-methyl/N-ethyl adjacent to an activating group) is 1. The van der Waals surface area contributed by atoms with Crippen LogP contribution in [0.25, 0.3) is 0 Å². The molecule has 2 aromatic rings. The number of hydrogen-bond acceptors (Lipinski definition) is 3. The maximum Gasteiger partial charge on any atom is 0.248 e. The van der Waals surface area contributed by atoms with E-state index in [1.54, 1.807) is 4.90 Å². The minimum Gasteiger partial charge on any atom is -0.493 e. The lowest BCUT2D eigenvalue weighted by atomic mass is 9.93. The van der Waals surface area contributed by atoms with Crippen molar-refractivity contribution in [2.24, 2.45) is 0 Å². The zero-order valence-electron chi connectivity index (χ0n) is 13.2. The molecule has 0 aromatic heterocycles. The summed E-state index contributed by atoms with van der Waals surface area (Å²) in [7, 11) is 1.85.